The minimum Gasteiger partial charge on any atom is -0.324 e. The molecular weight excluding hydrogens is 263 g/mol. The van der Waals surface area contributed by atoms with Gasteiger partial charge in [0.25, 0.3) is 0 Å². The topological polar surface area (TPSA) is 26.0 Å². The van der Waals surface area contributed by atoms with Crippen LogP contribution in [0.4, 0.5) is 13.2 Å². The molecule has 0 saturated heterocycles. The van der Waals surface area contributed by atoms with Gasteiger partial charge in [0.1, 0.15) is 0 Å². The second kappa shape index (κ2) is 4.63. The van der Waals surface area contributed by atoms with E-state index in [0.717, 1.165) is 35.6 Å². The Labute approximate surface area is 115 Å². The van der Waals surface area contributed by atoms with Crippen molar-refractivity contribution in [1.29, 1.82) is 0 Å². The lowest BCUT2D eigenvalue weighted by Gasteiger charge is -2.10. The van der Waals surface area contributed by atoms with Gasteiger partial charge in [-0.3, -0.25) is 0 Å². The molecule has 3 rings (SSSR count). The molecule has 4 heteroatoms. The summed E-state index contributed by atoms with van der Waals surface area (Å²) in [6, 6.07) is 11.2. The minimum atomic E-state index is -4.31. The number of alkyl halides is 3. The number of fused-ring (bicyclic) bond motifs is 1. The highest BCUT2D eigenvalue weighted by molar-refractivity contribution is 5.66. The van der Waals surface area contributed by atoms with E-state index < -0.39 is 11.7 Å². The van der Waals surface area contributed by atoms with E-state index in [9.17, 15) is 13.2 Å². The van der Waals surface area contributed by atoms with E-state index in [1.165, 1.54) is 12.1 Å². The predicted octanol–water partition coefficient (Wildman–Crippen LogP) is 4.32. The second-order valence-corrected chi connectivity index (χ2v) is 5.14. The molecule has 0 aliphatic heterocycles. The summed E-state index contributed by atoms with van der Waals surface area (Å²) >= 11 is 0. The van der Waals surface area contributed by atoms with E-state index in [4.69, 9.17) is 5.73 Å². The van der Waals surface area contributed by atoms with Gasteiger partial charge in [0.05, 0.1) is 5.56 Å². The van der Waals surface area contributed by atoms with Crippen LogP contribution in [0, 0.1) is 0 Å². The molecule has 1 unspecified atom stereocenters. The number of benzene rings is 2. The standard InChI is InChI=1S/C16H14F3N/c17-16(18,19)13-3-1-2-10(9-13)11-4-6-14-12(8-11)5-7-15(14)20/h1-4,6,8-9,15H,5,7,20H2. The van der Waals surface area contributed by atoms with Gasteiger partial charge in [0.2, 0.25) is 0 Å². The number of hydrogen-bond acceptors (Lipinski definition) is 1. The van der Waals surface area contributed by atoms with Crippen molar-refractivity contribution in [3.8, 4) is 11.1 Å². The monoisotopic (exact) mass is 277 g/mol. The Morgan fingerprint density at radius 2 is 1.75 bits per heavy atom. The highest BCUT2D eigenvalue weighted by Gasteiger charge is 2.30. The zero-order chi connectivity index (χ0) is 14.3. The smallest absolute Gasteiger partial charge is 0.324 e. The summed E-state index contributed by atoms with van der Waals surface area (Å²) in [7, 11) is 0. The molecule has 0 spiro atoms. The van der Waals surface area contributed by atoms with Gasteiger partial charge < -0.3 is 5.73 Å². The van der Waals surface area contributed by atoms with E-state index in [-0.39, 0.29) is 6.04 Å². The van der Waals surface area contributed by atoms with Crippen molar-refractivity contribution in [2.75, 3.05) is 0 Å². The molecule has 1 aliphatic rings. The van der Waals surface area contributed by atoms with Crippen LogP contribution in [0.5, 0.6) is 0 Å². The quantitative estimate of drug-likeness (QED) is 0.825. The van der Waals surface area contributed by atoms with Gasteiger partial charge in [-0.25, -0.2) is 0 Å². The fourth-order valence-electron chi connectivity index (χ4n) is 2.71. The first kappa shape index (κ1) is 13.2. The second-order valence-electron chi connectivity index (χ2n) is 5.14. The summed E-state index contributed by atoms with van der Waals surface area (Å²) in [5.74, 6) is 0. The van der Waals surface area contributed by atoms with Gasteiger partial charge in [-0.15, -0.1) is 0 Å². The first-order valence-corrected chi connectivity index (χ1v) is 6.51. The van der Waals surface area contributed by atoms with Gasteiger partial charge in [0, 0.05) is 6.04 Å². The number of aryl methyl sites for hydroxylation is 1. The number of nitrogens with two attached hydrogens (primary N) is 1. The van der Waals surface area contributed by atoms with Crippen molar-refractivity contribution in [1.82, 2.24) is 0 Å². The fourth-order valence-corrected chi connectivity index (χ4v) is 2.71. The third-order valence-corrected chi connectivity index (χ3v) is 3.79. The Bertz CT molecular complexity index is 646. The SMILES string of the molecule is NC1CCc2cc(-c3cccc(C(F)(F)F)c3)ccc21. The zero-order valence-electron chi connectivity index (χ0n) is 10.7. The average Bonchev–Trinajstić information content (AvgIpc) is 2.79. The number of rotatable bonds is 1. The molecule has 0 aromatic heterocycles. The Morgan fingerprint density at radius 3 is 2.50 bits per heavy atom. The molecule has 0 radical (unpaired) electrons. The molecule has 1 aliphatic carbocycles. The zero-order valence-corrected chi connectivity index (χ0v) is 10.7. The van der Waals surface area contributed by atoms with Crippen LogP contribution in [0.3, 0.4) is 0 Å². The third-order valence-electron chi connectivity index (χ3n) is 3.79. The molecular formula is C16H14F3N. The fraction of sp³-hybridized carbons (Fsp3) is 0.250. The van der Waals surface area contributed by atoms with E-state index in [0.29, 0.717) is 5.56 Å². The molecule has 0 bridgehead atoms. The summed E-state index contributed by atoms with van der Waals surface area (Å²) in [6.07, 6.45) is -2.51. The van der Waals surface area contributed by atoms with Crippen LogP contribution in [0.25, 0.3) is 11.1 Å². The minimum absolute atomic E-state index is 0.0561. The first-order valence-electron chi connectivity index (χ1n) is 6.51. The lowest BCUT2D eigenvalue weighted by molar-refractivity contribution is -0.137. The first-order chi connectivity index (χ1) is 9.45. The highest BCUT2D eigenvalue weighted by atomic mass is 19.4. The molecule has 1 nitrogen and oxygen atoms in total. The summed E-state index contributed by atoms with van der Waals surface area (Å²) in [5.41, 5.74) is 9.00. The van der Waals surface area contributed by atoms with Crippen LogP contribution in [0.1, 0.15) is 29.2 Å². The van der Waals surface area contributed by atoms with Crippen LogP contribution >= 0.6 is 0 Å². The van der Waals surface area contributed by atoms with Crippen molar-refractivity contribution >= 4 is 0 Å². The van der Waals surface area contributed by atoms with Gasteiger partial charge >= 0.3 is 6.18 Å². The lowest BCUT2D eigenvalue weighted by atomic mass is 9.98. The van der Waals surface area contributed by atoms with Crippen LogP contribution in [-0.2, 0) is 12.6 Å². The van der Waals surface area contributed by atoms with Crippen LogP contribution in [0.15, 0.2) is 42.5 Å². The summed E-state index contributed by atoms with van der Waals surface area (Å²) in [6.45, 7) is 0. The Balaban J connectivity index is 2.02. The molecule has 0 saturated carbocycles. The maximum atomic E-state index is 12.7. The van der Waals surface area contributed by atoms with Crippen LogP contribution in [-0.4, -0.2) is 0 Å². The molecule has 0 amide bonds. The molecule has 0 fully saturated rings. The largest absolute Gasteiger partial charge is 0.416 e. The van der Waals surface area contributed by atoms with E-state index in [1.807, 2.05) is 18.2 Å². The number of halogens is 3. The maximum Gasteiger partial charge on any atom is 0.416 e. The summed E-state index contributed by atoms with van der Waals surface area (Å²) in [4.78, 5) is 0. The number of hydrogen-bond donors (Lipinski definition) is 1. The normalized spacial score (nSPS) is 18.1. The van der Waals surface area contributed by atoms with Crippen molar-refractivity contribution < 1.29 is 13.2 Å². The van der Waals surface area contributed by atoms with Crippen molar-refractivity contribution in [3.05, 3.63) is 59.2 Å². The molecule has 2 N–H and O–H groups in total. The van der Waals surface area contributed by atoms with E-state index in [2.05, 4.69) is 0 Å². The van der Waals surface area contributed by atoms with Gasteiger partial charge in [0.15, 0.2) is 0 Å². The third kappa shape index (κ3) is 2.31. The molecule has 2 aromatic rings. The Morgan fingerprint density at radius 1 is 1.00 bits per heavy atom. The molecule has 2 aromatic carbocycles. The highest BCUT2D eigenvalue weighted by Crippen LogP contribution is 2.35. The van der Waals surface area contributed by atoms with Crippen molar-refractivity contribution in [2.45, 2.75) is 25.1 Å². The van der Waals surface area contributed by atoms with Crippen LogP contribution < -0.4 is 5.73 Å². The Hall–Kier alpha value is -1.81. The molecule has 104 valence electrons. The van der Waals surface area contributed by atoms with Gasteiger partial charge in [-0.05, 0) is 47.2 Å². The van der Waals surface area contributed by atoms with E-state index >= 15 is 0 Å². The average molecular weight is 277 g/mol. The maximum absolute atomic E-state index is 12.7. The van der Waals surface area contributed by atoms with Gasteiger partial charge in [-0.2, -0.15) is 13.2 Å². The van der Waals surface area contributed by atoms with E-state index in [1.54, 1.807) is 6.07 Å². The Kier molecular flexibility index (Phi) is 3.05. The molecule has 20 heavy (non-hydrogen) atoms. The van der Waals surface area contributed by atoms with Gasteiger partial charge in [-0.1, -0.05) is 30.3 Å². The predicted molar refractivity (Wildman–Crippen MR) is 72.1 cm³/mol. The summed E-state index contributed by atoms with van der Waals surface area (Å²) < 4.78 is 38.2. The lowest BCUT2D eigenvalue weighted by Crippen LogP contribution is -2.05. The van der Waals surface area contributed by atoms with Crippen molar-refractivity contribution in [3.63, 3.8) is 0 Å². The summed E-state index contributed by atoms with van der Waals surface area (Å²) in [5, 5.41) is 0. The van der Waals surface area contributed by atoms with Crippen LogP contribution in [0.2, 0.25) is 0 Å². The molecule has 0 heterocycles. The molecule has 1 atom stereocenters. The van der Waals surface area contributed by atoms with Crippen molar-refractivity contribution in [2.24, 2.45) is 5.73 Å².